The molecule has 100 valence electrons. The van der Waals surface area contributed by atoms with Crippen molar-refractivity contribution >= 4 is 23.2 Å². The number of carbonyl (C=O) groups excluding carboxylic acids is 1. The van der Waals surface area contributed by atoms with E-state index in [9.17, 15) is 9.59 Å². The highest BCUT2D eigenvalue weighted by molar-refractivity contribution is 7.12. The Kier molecular flexibility index (Phi) is 5.15. The van der Waals surface area contributed by atoms with Crippen molar-refractivity contribution in [3.63, 3.8) is 0 Å². The van der Waals surface area contributed by atoms with E-state index in [1.54, 1.807) is 11.4 Å². The van der Waals surface area contributed by atoms with Gasteiger partial charge in [-0.05, 0) is 12.3 Å². The number of hydrogen-bond donors (Lipinski definition) is 2. The minimum atomic E-state index is -1.01. The van der Waals surface area contributed by atoms with Crippen molar-refractivity contribution in [3.05, 3.63) is 16.3 Å². The SMILES string of the molecule is COc1csc(C(=O)N[C@@H](CC(C)C)C(=O)O)c1. The lowest BCUT2D eigenvalue weighted by Crippen LogP contribution is -2.41. The number of carbonyl (C=O) groups is 2. The van der Waals surface area contributed by atoms with Crippen LogP contribution in [-0.2, 0) is 4.79 Å². The number of ether oxygens (including phenoxy) is 1. The Labute approximate surface area is 110 Å². The summed E-state index contributed by atoms with van der Waals surface area (Å²) in [6.45, 7) is 3.83. The summed E-state index contributed by atoms with van der Waals surface area (Å²) in [5, 5.41) is 13.3. The fourth-order valence-corrected chi connectivity index (χ4v) is 2.22. The molecule has 0 unspecified atom stereocenters. The van der Waals surface area contributed by atoms with Crippen molar-refractivity contribution in [1.29, 1.82) is 0 Å². The van der Waals surface area contributed by atoms with E-state index in [4.69, 9.17) is 9.84 Å². The maximum atomic E-state index is 11.9. The van der Waals surface area contributed by atoms with Gasteiger partial charge in [-0.2, -0.15) is 0 Å². The van der Waals surface area contributed by atoms with Crippen molar-refractivity contribution in [2.45, 2.75) is 26.3 Å². The predicted molar refractivity (Wildman–Crippen MR) is 69.2 cm³/mol. The number of carboxylic acid groups (broad SMARTS) is 1. The van der Waals surface area contributed by atoms with Crippen LogP contribution in [0.1, 0.15) is 29.9 Å². The van der Waals surface area contributed by atoms with Gasteiger partial charge in [-0.3, -0.25) is 4.79 Å². The number of methoxy groups -OCH3 is 1. The maximum Gasteiger partial charge on any atom is 0.326 e. The van der Waals surface area contributed by atoms with Crippen LogP contribution in [0.15, 0.2) is 11.4 Å². The van der Waals surface area contributed by atoms with Crippen LogP contribution in [0.2, 0.25) is 0 Å². The lowest BCUT2D eigenvalue weighted by Gasteiger charge is -2.15. The number of nitrogens with one attached hydrogen (secondary N) is 1. The number of carboxylic acids is 1. The van der Waals surface area contributed by atoms with Gasteiger partial charge in [0, 0.05) is 11.4 Å². The molecule has 0 saturated heterocycles. The molecule has 0 aliphatic carbocycles. The highest BCUT2D eigenvalue weighted by Gasteiger charge is 2.22. The average molecular weight is 271 g/mol. The first kappa shape index (κ1) is 14.5. The molecule has 1 atom stereocenters. The second kappa shape index (κ2) is 6.39. The van der Waals surface area contributed by atoms with E-state index in [2.05, 4.69) is 5.32 Å². The molecule has 1 aromatic rings. The van der Waals surface area contributed by atoms with Crippen molar-refractivity contribution in [2.24, 2.45) is 5.92 Å². The molecule has 0 aliphatic heterocycles. The van der Waals surface area contributed by atoms with E-state index in [0.29, 0.717) is 17.0 Å². The summed E-state index contributed by atoms with van der Waals surface area (Å²) in [7, 11) is 1.52. The van der Waals surface area contributed by atoms with Crippen LogP contribution in [0.5, 0.6) is 5.75 Å². The smallest absolute Gasteiger partial charge is 0.326 e. The van der Waals surface area contributed by atoms with Crippen LogP contribution in [-0.4, -0.2) is 30.1 Å². The summed E-state index contributed by atoms with van der Waals surface area (Å²) in [4.78, 5) is 23.3. The molecule has 1 aromatic heterocycles. The average Bonchev–Trinajstić information content (AvgIpc) is 2.75. The standard InChI is InChI=1S/C12H17NO4S/c1-7(2)4-9(12(15)16)13-11(14)10-5-8(17-3)6-18-10/h5-7,9H,4H2,1-3H3,(H,13,14)(H,15,16)/t9-/m0/s1. The van der Waals surface area contributed by atoms with Gasteiger partial charge in [-0.15, -0.1) is 11.3 Å². The highest BCUT2D eigenvalue weighted by Crippen LogP contribution is 2.21. The predicted octanol–water partition coefficient (Wildman–Crippen LogP) is 1.99. The van der Waals surface area contributed by atoms with E-state index >= 15 is 0 Å². The van der Waals surface area contributed by atoms with E-state index < -0.39 is 12.0 Å². The number of hydrogen-bond acceptors (Lipinski definition) is 4. The fraction of sp³-hybridized carbons (Fsp3) is 0.500. The molecule has 0 saturated carbocycles. The molecule has 0 fully saturated rings. The topological polar surface area (TPSA) is 75.6 Å². The van der Waals surface area contributed by atoms with Crippen LogP contribution >= 0.6 is 11.3 Å². The van der Waals surface area contributed by atoms with Gasteiger partial charge in [0.1, 0.15) is 11.8 Å². The van der Waals surface area contributed by atoms with E-state index in [0.717, 1.165) is 0 Å². The Morgan fingerprint density at radius 3 is 2.61 bits per heavy atom. The Morgan fingerprint density at radius 1 is 1.50 bits per heavy atom. The summed E-state index contributed by atoms with van der Waals surface area (Å²) < 4.78 is 4.98. The van der Waals surface area contributed by atoms with Crippen molar-refractivity contribution in [1.82, 2.24) is 5.32 Å². The first-order valence-corrected chi connectivity index (χ1v) is 6.48. The highest BCUT2D eigenvalue weighted by atomic mass is 32.1. The first-order chi connectivity index (χ1) is 8.43. The number of thiophene rings is 1. The van der Waals surface area contributed by atoms with Gasteiger partial charge in [0.15, 0.2) is 0 Å². The lowest BCUT2D eigenvalue weighted by atomic mass is 10.0. The van der Waals surface area contributed by atoms with E-state index in [1.165, 1.54) is 18.4 Å². The summed E-state index contributed by atoms with van der Waals surface area (Å²) >= 11 is 1.22. The summed E-state index contributed by atoms with van der Waals surface area (Å²) in [6.07, 6.45) is 0.406. The van der Waals surface area contributed by atoms with Crippen molar-refractivity contribution in [2.75, 3.05) is 7.11 Å². The second-order valence-corrected chi connectivity index (χ2v) is 5.26. The van der Waals surface area contributed by atoms with Gasteiger partial charge in [0.05, 0.1) is 12.0 Å². The van der Waals surface area contributed by atoms with Crippen LogP contribution in [0.3, 0.4) is 0 Å². The Hall–Kier alpha value is -1.56. The zero-order valence-corrected chi connectivity index (χ0v) is 11.4. The fourth-order valence-electron chi connectivity index (χ4n) is 1.47. The third kappa shape index (κ3) is 4.03. The van der Waals surface area contributed by atoms with Gasteiger partial charge in [0.25, 0.3) is 5.91 Å². The van der Waals surface area contributed by atoms with Gasteiger partial charge < -0.3 is 15.2 Å². The molecule has 0 aliphatic rings. The van der Waals surface area contributed by atoms with Gasteiger partial charge >= 0.3 is 5.97 Å². The normalized spacial score (nSPS) is 12.2. The molecule has 18 heavy (non-hydrogen) atoms. The van der Waals surface area contributed by atoms with E-state index in [-0.39, 0.29) is 11.8 Å². The van der Waals surface area contributed by atoms with Crippen LogP contribution in [0.25, 0.3) is 0 Å². The molecule has 2 N–H and O–H groups in total. The molecule has 1 rings (SSSR count). The molecule has 5 nitrogen and oxygen atoms in total. The van der Waals surface area contributed by atoms with E-state index in [1.807, 2.05) is 13.8 Å². The summed E-state index contributed by atoms with van der Waals surface area (Å²) in [5.41, 5.74) is 0. The Balaban J connectivity index is 2.69. The minimum Gasteiger partial charge on any atom is -0.496 e. The Morgan fingerprint density at radius 2 is 2.17 bits per heavy atom. The molecule has 6 heteroatoms. The molecule has 0 bridgehead atoms. The third-order valence-corrected chi connectivity index (χ3v) is 3.25. The van der Waals surface area contributed by atoms with Gasteiger partial charge in [-0.25, -0.2) is 4.79 Å². The van der Waals surface area contributed by atoms with Crippen LogP contribution in [0.4, 0.5) is 0 Å². The monoisotopic (exact) mass is 271 g/mol. The quantitative estimate of drug-likeness (QED) is 0.829. The summed E-state index contributed by atoms with van der Waals surface area (Å²) in [6, 6.07) is 0.736. The minimum absolute atomic E-state index is 0.198. The largest absolute Gasteiger partial charge is 0.496 e. The molecular formula is C12H17NO4S. The molecule has 0 aromatic carbocycles. The second-order valence-electron chi connectivity index (χ2n) is 4.34. The molecule has 1 amide bonds. The third-order valence-electron chi connectivity index (χ3n) is 2.35. The zero-order chi connectivity index (χ0) is 13.7. The van der Waals surface area contributed by atoms with Gasteiger partial charge in [-0.1, -0.05) is 13.8 Å². The van der Waals surface area contributed by atoms with Crippen molar-refractivity contribution in [3.8, 4) is 5.75 Å². The number of amides is 1. The van der Waals surface area contributed by atoms with Crippen molar-refractivity contribution < 1.29 is 19.4 Å². The van der Waals surface area contributed by atoms with Crippen LogP contribution < -0.4 is 10.1 Å². The van der Waals surface area contributed by atoms with Crippen LogP contribution in [0, 0.1) is 5.92 Å². The molecule has 0 spiro atoms. The molecule has 1 heterocycles. The Bertz CT molecular complexity index is 427. The zero-order valence-electron chi connectivity index (χ0n) is 10.6. The number of rotatable bonds is 6. The summed E-state index contributed by atoms with van der Waals surface area (Å²) in [5.74, 6) is -0.595. The maximum absolute atomic E-state index is 11.9. The lowest BCUT2D eigenvalue weighted by molar-refractivity contribution is -0.139. The molecule has 0 radical (unpaired) electrons. The first-order valence-electron chi connectivity index (χ1n) is 5.60. The molecular weight excluding hydrogens is 254 g/mol. The number of aliphatic carboxylic acids is 1. The van der Waals surface area contributed by atoms with Gasteiger partial charge in [0.2, 0.25) is 0 Å².